The summed E-state index contributed by atoms with van der Waals surface area (Å²) >= 11 is 17.7. The van der Waals surface area contributed by atoms with E-state index in [1.165, 1.54) is 0 Å². The van der Waals surface area contributed by atoms with Crippen LogP contribution >= 0.6 is 35.3 Å². The fraction of sp³-hybridized carbons (Fsp3) is 0.943. The molecule has 135 heavy (non-hydrogen) atoms. The van der Waals surface area contributed by atoms with Gasteiger partial charge in [0.05, 0.1) is 88.5 Å². The molecule has 39 atom stereocenters. The van der Waals surface area contributed by atoms with E-state index in [1.54, 1.807) is 41.5 Å². The molecule has 0 aromatic carbocycles. The Morgan fingerprint density at radius 2 is 0.644 bits per heavy atom. The minimum Gasteiger partial charge on any atom is -0.481 e. The molecule has 0 amide bonds. The predicted molar refractivity (Wildman–Crippen MR) is 504 cm³/mol. The van der Waals surface area contributed by atoms with Crippen molar-refractivity contribution < 1.29 is 118 Å². The average Bonchev–Trinajstić information content (AvgIpc) is 1.46. The SMILES string of the molecule is CC(C)(O)[C@@H]1CC[C@](C)([C@H]2[C@@H](O)C[C@@]3(C)C4C[C@H](O)[C@H]5C(C)(C)C(OC(=O)[C@@H](CCC(=O)O)NCl)CC[C@@]56CC46CC[C@]23C)O1.CC(C)(O)[C@@H]1CC[C@](C)([C@H]2[C@@H](O)C[C@@]3(C)C4C[C@H](OC(=O)[C@@H](CCC(=O)O)NCl)[C@H]5C(C)(C)[C@@H](O)CC[C@@]56CC46CC[C@]23C)O1.CC(C)(O)[C@@H]1CC[C@](C)([C@H]2[C@@H](OC(=O)[C@@H](CCC(=O)O)NCl)C[C@@]3(C)C4C[C@H](O)[C@H]5C(C)(C)[C@@H](O)CC[C@@]56CC46CC[C@]23C)O1. The monoisotopic (exact) mass is 1960 g/mol. The quantitative estimate of drug-likeness (QED) is 0.0242. The van der Waals surface area contributed by atoms with E-state index in [1.807, 2.05) is 0 Å². The molecule has 0 bridgehead atoms. The Hall–Kier alpha value is -2.91. The number of rotatable bonds is 24. The van der Waals surface area contributed by atoms with Crippen LogP contribution in [0.4, 0.5) is 0 Å². The van der Waals surface area contributed by atoms with Crippen LogP contribution < -0.4 is 14.5 Å². The standard InChI is InChI=1S/3C35H56ClNO8/c1-29(2)23(39)10-13-35-18-34(35)15-14-31(5)26(33(7)12-11-24(45-33)30(3,4)43)20(38)17-32(31,6)22(34)16-21(27(29)35)44-28(42)19(37-36)8-9-25(40)41;1-29(2)23(39)10-13-35-18-34(35)15-14-31(5)27(33(7)12-11-24(45-33)30(3,4)43)21(44-28(42)19(37-36)8-9-25(40)41)17-32(31,6)22(34)16-20(38)26(29)35;1-29(2)23(44-28(42)19(37-36)8-9-25(40)41)11-13-35-18-34(35)15-14-31(5)27(33(7)12-10-24(45-33)30(3,4)43)21(39)17-32(31,6)22(34)16-20(38)26(29)35/h3*19-24,26-27,37-39,43H,8-18H2,1-7H3,(H,40,41)/t2*19-,20+,21+,22?,23+,24+,26+,27+,31-,32+,33-,34?,35-;19-,20+,21+,22?,23?,24+,26+,27+,31-,32+,33-,34?,35-/m111/s1. The number of aliphatic carboxylic acids is 3. The molecule has 18 fully saturated rings. The Morgan fingerprint density at radius 3 is 0.993 bits per heavy atom. The molecule has 0 aromatic rings. The lowest BCUT2D eigenvalue weighted by molar-refractivity contribution is -0.221. The van der Waals surface area contributed by atoms with Crippen molar-refractivity contribution in [1.82, 2.24) is 14.5 Å². The molecule has 0 radical (unpaired) electrons. The maximum absolute atomic E-state index is 13.6. The topological polar surface area (TPSA) is 437 Å². The lowest BCUT2D eigenvalue weighted by Crippen LogP contribution is -2.63. The molecule has 27 nitrogen and oxygen atoms in total. The Morgan fingerprint density at radius 1 is 0.341 bits per heavy atom. The smallest absolute Gasteiger partial charge is 0.324 e. The molecule has 6 spiro atoms. The molecule has 15 saturated carbocycles. The number of hydrogen-bond donors (Lipinski definition) is 15. The summed E-state index contributed by atoms with van der Waals surface area (Å²) in [7, 11) is 0. The van der Waals surface area contributed by atoms with Gasteiger partial charge in [0, 0.05) is 48.3 Å². The van der Waals surface area contributed by atoms with Gasteiger partial charge in [0.2, 0.25) is 0 Å². The first-order chi connectivity index (χ1) is 62.2. The Balaban J connectivity index is 0.000000147. The number of esters is 3. The lowest BCUT2D eigenvalue weighted by Gasteiger charge is -2.64. The van der Waals surface area contributed by atoms with E-state index in [-0.39, 0.29) is 180 Å². The van der Waals surface area contributed by atoms with Crippen molar-refractivity contribution in [2.75, 3.05) is 0 Å². The van der Waals surface area contributed by atoms with Crippen LogP contribution in [-0.2, 0) is 57.2 Å². The first kappa shape index (κ1) is 105. The molecular weight excluding hydrogens is 1790 g/mol. The fourth-order valence-corrected chi connectivity index (χ4v) is 39.5. The fourth-order valence-electron chi connectivity index (χ4n) is 38.9. The summed E-state index contributed by atoms with van der Waals surface area (Å²) in [4.78, 5) is 81.3. The van der Waals surface area contributed by atoms with Gasteiger partial charge < -0.3 is 89.7 Å². The number of nitrogens with one attached hydrogen (secondary N) is 3. The van der Waals surface area contributed by atoms with E-state index >= 15 is 0 Å². The number of carboxylic acid groups (broad SMARTS) is 3. The summed E-state index contributed by atoms with van der Waals surface area (Å²) in [5, 5.41) is 130. The number of aliphatic hydroxyl groups is 9. The van der Waals surface area contributed by atoms with Gasteiger partial charge in [0.1, 0.15) is 36.4 Å². The second-order valence-electron chi connectivity index (χ2n) is 53.7. The van der Waals surface area contributed by atoms with Gasteiger partial charge in [0.25, 0.3) is 0 Å². The van der Waals surface area contributed by atoms with Crippen LogP contribution in [0.25, 0.3) is 0 Å². The number of fused-ring (bicyclic) bond motifs is 6. The first-order valence-electron chi connectivity index (χ1n) is 51.8. The van der Waals surface area contributed by atoms with Crippen molar-refractivity contribution in [3.05, 3.63) is 0 Å². The van der Waals surface area contributed by atoms with Gasteiger partial charge in [0.15, 0.2) is 0 Å². The predicted octanol–water partition coefficient (Wildman–Crippen LogP) is 14.9. The van der Waals surface area contributed by atoms with Crippen molar-refractivity contribution >= 4 is 71.1 Å². The molecule has 18 rings (SSSR count). The molecule has 15 aliphatic carbocycles. The summed E-state index contributed by atoms with van der Waals surface area (Å²) in [6.07, 6.45) is 16.6. The van der Waals surface area contributed by atoms with Crippen LogP contribution in [0.2, 0.25) is 0 Å². The van der Waals surface area contributed by atoms with Crippen LogP contribution in [0.15, 0.2) is 0 Å². The van der Waals surface area contributed by atoms with Gasteiger partial charge in [-0.1, -0.05) is 83.1 Å². The number of aliphatic hydroxyl groups excluding tert-OH is 6. The highest BCUT2D eigenvalue weighted by atomic mass is 35.5. The van der Waals surface area contributed by atoms with Crippen molar-refractivity contribution in [3.63, 3.8) is 0 Å². The van der Waals surface area contributed by atoms with Crippen LogP contribution in [0.3, 0.4) is 0 Å². The van der Waals surface area contributed by atoms with Crippen molar-refractivity contribution in [2.45, 2.75) is 482 Å². The normalized spacial score (nSPS) is 50.5. The number of carboxylic acids is 3. The average molecular weight is 1960 g/mol. The number of carbonyl (C=O) groups excluding carboxylic acids is 3. The second-order valence-corrected chi connectivity index (χ2v) is 54.3. The number of hydrogen-bond acceptors (Lipinski definition) is 24. The van der Waals surface area contributed by atoms with E-state index in [0.717, 1.165) is 116 Å². The Kier molecular flexibility index (Phi) is 26.5. The molecule has 7 unspecified atom stereocenters. The van der Waals surface area contributed by atoms with E-state index in [2.05, 4.69) is 118 Å². The van der Waals surface area contributed by atoms with Crippen molar-refractivity contribution in [2.24, 2.45) is 134 Å². The number of carbonyl (C=O) groups is 6. The van der Waals surface area contributed by atoms with Crippen LogP contribution in [0, 0.1) is 134 Å². The third-order valence-corrected chi connectivity index (χ3v) is 46.0. The molecule has 768 valence electrons. The zero-order chi connectivity index (χ0) is 99.5. The zero-order valence-corrected chi connectivity index (χ0v) is 86.9. The van der Waals surface area contributed by atoms with E-state index in [4.69, 9.17) is 68.9 Å². The highest BCUT2D eigenvalue weighted by Gasteiger charge is 2.90. The van der Waals surface area contributed by atoms with Gasteiger partial charge >= 0.3 is 35.8 Å². The van der Waals surface area contributed by atoms with Crippen LogP contribution in [0.5, 0.6) is 0 Å². The molecule has 15 N–H and O–H groups in total. The van der Waals surface area contributed by atoms with Gasteiger partial charge in [-0.05, 0) is 396 Å². The van der Waals surface area contributed by atoms with Crippen molar-refractivity contribution in [1.29, 1.82) is 0 Å². The largest absolute Gasteiger partial charge is 0.481 e. The highest BCUT2D eigenvalue weighted by molar-refractivity contribution is 6.15. The maximum atomic E-state index is 13.6. The second kappa shape index (κ2) is 34.1. The van der Waals surface area contributed by atoms with Crippen molar-refractivity contribution in [3.8, 4) is 0 Å². The maximum Gasteiger partial charge on any atom is 0.324 e. The molecule has 30 heteroatoms. The summed E-state index contributed by atoms with van der Waals surface area (Å²) < 4.78 is 39.1. The van der Waals surface area contributed by atoms with E-state index in [9.17, 15) is 84.9 Å². The highest BCUT2D eigenvalue weighted by Crippen LogP contribution is 2.93. The van der Waals surface area contributed by atoms with Gasteiger partial charge in [-0.15, -0.1) is 0 Å². The van der Waals surface area contributed by atoms with Gasteiger partial charge in [-0.2, -0.15) is 0 Å². The van der Waals surface area contributed by atoms with E-state index in [0.29, 0.717) is 57.8 Å². The molecular formula is C105H168Cl3N3O24. The lowest BCUT2D eigenvalue weighted by atomic mass is 9.41. The number of halogens is 3. The minimum atomic E-state index is -1.02. The molecule has 18 aliphatic rings. The van der Waals surface area contributed by atoms with E-state index < -0.39 is 153 Å². The van der Waals surface area contributed by atoms with Crippen LogP contribution in [0.1, 0.15) is 357 Å². The Labute approximate surface area is 816 Å². The number of ether oxygens (including phenoxy) is 6. The summed E-state index contributed by atoms with van der Waals surface area (Å²) in [6, 6.07) is -2.82. The zero-order valence-electron chi connectivity index (χ0n) is 84.6. The minimum absolute atomic E-state index is 0.0108. The summed E-state index contributed by atoms with van der Waals surface area (Å²) in [5.74, 6) is -4.34. The summed E-state index contributed by atoms with van der Waals surface area (Å²) in [6.45, 7) is 44.0. The molecule has 3 saturated heterocycles. The molecule has 3 aliphatic heterocycles. The molecule has 0 aromatic heterocycles. The third-order valence-electron chi connectivity index (χ3n) is 45.2. The Bertz CT molecular complexity index is 4540. The van der Waals surface area contributed by atoms with Gasteiger partial charge in [-0.3, -0.25) is 28.8 Å². The first-order valence-corrected chi connectivity index (χ1v) is 52.9. The molecule has 3 heterocycles. The summed E-state index contributed by atoms with van der Waals surface area (Å²) in [5.41, 5.74) is -7.26. The van der Waals surface area contributed by atoms with Crippen LogP contribution in [-0.4, -0.2) is 222 Å². The third kappa shape index (κ3) is 15.5. The van der Waals surface area contributed by atoms with Gasteiger partial charge in [-0.25, -0.2) is 14.5 Å².